The number of rotatable bonds is 8. The Labute approximate surface area is 221 Å². The van der Waals surface area contributed by atoms with Crippen LogP contribution in [0.15, 0.2) is 77.7 Å². The van der Waals surface area contributed by atoms with Gasteiger partial charge in [-0.05, 0) is 72.3 Å². The second-order valence-corrected chi connectivity index (χ2v) is 9.06. The van der Waals surface area contributed by atoms with Crippen LogP contribution in [0.3, 0.4) is 0 Å². The van der Waals surface area contributed by atoms with Crippen molar-refractivity contribution in [2.45, 2.75) is 13.5 Å². The highest BCUT2D eigenvalue weighted by molar-refractivity contribution is 8.18. The largest absolute Gasteiger partial charge is 0.462 e. The Balaban J connectivity index is 1.39. The number of thioether (sulfide) groups is 1. The van der Waals surface area contributed by atoms with E-state index >= 15 is 0 Å². The number of nitro groups is 1. The molecule has 3 aromatic carbocycles. The summed E-state index contributed by atoms with van der Waals surface area (Å²) in [6.07, 6.45) is 1.45. The van der Waals surface area contributed by atoms with E-state index in [0.717, 1.165) is 16.7 Å². The van der Waals surface area contributed by atoms with Crippen LogP contribution in [0.2, 0.25) is 0 Å². The van der Waals surface area contributed by atoms with Gasteiger partial charge in [-0.25, -0.2) is 4.79 Å². The average molecular weight is 532 g/mol. The SMILES string of the molecule is CCOC(=O)c1ccc(NC(=O)c2ccc(CN3C(=O)S/C(=C\c4cccc([N+](=O)[O-])c4)C3=O)cc2)cc1. The predicted molar refractivity (Wildman–Crippen MR) is 141 cm³/mol. The van der Waals surface area contributed by atoms with Crippen LogP contribution in [-0.2, 0) is 16.1 Å². The summed E-state index contributed by atoms with van der Waals surface area (Å²) in [5.41, 5.74) is 2.20. The summed E-state index contributed by atoms with van der Waals surface area (Å²) in [6, 6.07) is 18.5. The van der Waals surface area contributed by atoms with E-state index < -0.39 is 22.0 Å². The van der Waals surface area contributed by atoms with Crippen molar-refractivity contribution in [1.82, 2.24) is 4.90 Å². The average Bonchev–Trinajstić information content (AvgIpc) is 3.17. The van der Waals surface area contributed by atoms with Gasteiger partial charge in [-0.3, -0.25) is 29.4 Å². The molecule has 0 spiro atoms. The lowest BCUT2D eigenvalue weighted by atomic mass is 10.1. The molecule has 0 atom stereocenters. The van der Waals surface area contributed by atoms with Crippen molar-refractivity contribution in [3.8, 4) is 0 Å². The molecule has 3 amide bonds. The van der Waals surface area contributed by atoms with Crippen LogP contribution in [0.25, 0.3) is 6.08 Å². The van der Waals surface area contributed by atoms with Crippen molar-refractivity contribution in [2.75, 3.05) is 11.9 Å². The normalized spacial score (nSPS) is 14.0. The zero-order valence-corrected chi connectivity index (χ0v) is 20.9. The minimum absolute atomic E-state index is 0.00810. The minimum atomic E-state index is -0.533. The summed E-state index contributed by atoms with van der Waals surface area (Å²) in [5, 5.41) is 13.3. The Bertz CT molecular complexity index is 1450. The highest BCUT2D eigenvalue weighted by atomic mass is 32.2. The predicted octanol–water partition coefficient (Wildman–Crippen LogP) is 5.26. The second kappa shape index (κ2) is 11.5. The van der Waals surface area contributed by atoms with E-state index in [-0.39, 0.29) is 29.7 Å². The first-order valence-corrected chi connectivity index (χ1v) is 12.2. The molecule has 0 bridgehead atoms. The molecule has 1 N–H and O–H groups in total. The number of esters is 1. The number of nitrogens with zero attached hydrogens (tertiary/aromatic N) is 2. The van der Waals surface area contributed by atoms with Gasteiger partial charge in [-0.2, -0.15) is 0 Å². The number of imide groups is 1. The molecule has 1 fully saturated rings. The molecular weight excluding hydrogens is 510 g/mol. The second-order valence-electron chi connectivity index (χ2n) is 8.07. The van der Waals surface area contributed by atoms with Crippen LogP contribution in [0, 0.1) is 10.1 Å². The van der Waals surface area contributed by atoms with Gasteiger partial charge < -0.3 is 10.1 Å². The number of benzene rings is 3. The maximum absolute atomic E-state index is 12.8. The monoisotopic (exact) mass is 531 g/mol. The molecule has 0 unspecified atom stereocenters. The maximum Gasteiger partial charge on any atom is 0.338 e. The molecule has 3 aromatic rings. The molecule has 192 valence electrons. The molecule has 1 aliphatic heterocycles. The molecule has 0 radical (unpaired) electrons. The molecule has 4 rings (SSSR count). The molecule has 38 heavy (non-hydrogen) atoms. The van der Waals surface area contributed by atoms with Crippen molar-refractivity contribution in [1.29, 1.82) is 0 Å². The smallest absolute Gasteiger partial charge is 0.338 e. The van der Waals surface area contributed by atoms with E-state index in [4.69, 9.17) is 4.74 Å². The van der Waals surface area contributed by atoms with Gasteiger partial charge in [0.15, 0.2) is 0 Å². The number of amides is 3. The number of carbonyl (C=O) groups excluding carboxylic acids is 4. The Morgan fingerprint density at radius 3 is 2.37 bits per heavy atom. The Kier molecular flexibility index (Phi) is 7.97. The summed E-state index contributed by atoms with van der Waals surface area (Å²) >= 11 is 0.760. The van der Waals surface area contributed by atoms with E-state index in [9.17, 15) is 29.3 Å². The number of anilines is 1. The number of nitro benzene ring substituents is 1. The van der Waals surface area contributed by atoms with Crippen LogP contribution in [0.1, 0.15) is 38.8 Å². The molecule has 0 saturated carbocycles. The van der Waals surface area contributed by atoms with Crippen molar-refractivity contribution in [3.05, 3.63) is 110 Å². The highest BCUT2D eigenvalue weighted by Crippen LogP contribution is 2.33. The first-order chi connectivity index (χ1) is 18.2. The van der Waals surface area contributed by atoms with Gasteiger partial charge in [0, 0.05) is 23.4 Å². The standard InChI is InChI=1S/C27H21N3O7S/c1-2-37-26(33)20-10-12-21(13-11-20)28-24(31)19-8-6-17(7-9-19)16-29-25(32)23(38-27(29)34)15-18-4-3-5-22(14-18)30(35)36/h3-15H,2,16H2,1H3,(H,28,31)/b23-15-. The fraction of sp³-hybridized carbons (Fsp3) is 0.111. The van der Waals surface area contributed by atoms with Crippen LogP contribution in [-0.4, -0.2) is 39.5 Å². The summed E-state index contributed by atoms with van der Waals surface area (Å²) < 4.78 is 4.94. The van der Waals surface area contributed by atoms with Crippen LogP contribution >= 0.6 is 11.8 Å². The van der Waals surface area contributed by atoms with E-state index in [1.807, 2.05) is 0 Å². The minimum Gasteiger partial charge on any atom is -0.462 e. The third-order valence-corrected chi connectivity index (χ3v) is 6.37. The lowest BCUT2D eigenvalue weighted by molar-refractivity contribution is -0.384. The number of carbonyl (C=O) groups is 4. The number of hydrogen-bond donors (Lipinski definition) is 1. The van der Waals surface area contributed by atoms with Gasteiger partial charge in [-0.1, -0.05) is 24.3 Å². The topological polar surface area (TPSA) is 136 Å². The third-order valence-electron chi connectivity index (χ3n) is 5.46. The number of hydrogen-bond acceptors (Lipinski definition) is 8. The van der Waals surface area contributed by atoms with Crippen molar-refractivity contribution in [2.24, 2.45) is 0 Å². The Morgan fingerprint density at radius 2 is 1.71 bits per heavy atom. The van der Waals surface area contributed by atoms with E-state index in [2.05, 4.69) is 5.32 Å². The van der Waals surface area contributed by atoms with Crippen LogP contribution < -0.4 is 5.32 Å². The first kappa shape index (κ1) is 26.3. The Morgan fingerprint density at radius 1 is 1.03 bits per heavy atom. The molecule has 10 nitrogen and oxygen atoms in total. The zero-order chi connectivity index (χ0) is 27.2. The van der Waals surface area contributed by atoms with Gasteiger partial charge in [0.25, 0.3) is 22.7 Å². The van der Waals surface area contributed by atoms with E-state index in [0.29, 0.717) is 27.9 Å². The van der Waals surface area contributed by atoms with Gasteiger partial charge in [-0.15, -0.1) is 0 Å². The number of ether oxygens (including phenoxy) is 1. The van der Waals surface area contributed by atoms with E-state index in [1.54, 1.807) is 61.5 Å². The summed E-state index contributed by atoms with van der Waals surface area (Å²) in [6.45, 7) is 1.99. The molecule has 11 heteroatoms. The van der Waals surface area contributed by atoms with Crippen molar-refractivity contribution >= 4 is 52.2 Å². The fourth-order valence-corrected chi connectivity index (χ4v) is 4.41. The first-order valence-electron chi connectivity index (χ1n) is 11.4. The number of non-ortho nitro benzene ring substituents is 1. The molecule has 1 heterocycles. The van der Waals surface area contributed by atoms with E-state index in [1.165, 1.54) is 24.3 Å². The van der Waals surface area contributed by atoms with Gasteiger partial charge in [0.2, 0.25) is 0 Å². The third kappa shape index (κ3) is 6.13. The van der Waals surface area contributed by atoms with Crippen LogP contribution in [0.5, 0.6) is 0 Å². The van der Waals surface area contributed by atoms with Crippen molar-refractivity contribution in [3.63, 3.8) is 0 Å². The molecule has 1 saturated heterocycles. The summed E-state index contributed by atoms with van der Waals surface area (Å²) in [5.74, 6) is -1.31. The lowest BCUT2D eigenvalue weighted by Crippen LogP contribution is -2.27. The van der Waals surface area contributed by atoms with Gasteiger partial charge in [0.05, 0.1) is 28.5 Å². The molecule has 1 aliphatic rings. The van der Waals surface area contributed by atoms with Crippen LogP contribution in [0.4, 0.5) is 16.2 Å². The molecule has 0 aliphatic carbocycles. The summed E-state index contributed by atoms with van der Waals surface area (Å²) in [7, 11) is 0. The zero-order valence-electron chi connectivity index (χ0n) is 20.1. The fourth-order valence-electron chi connectivity index (χ4n) is 3.57. The Hall–Kier alpha value is -4.77. The van der Waals surface area contributed by atoms with Crippen molar-refractivity contribution < 1.29 is 28.8 Å². The highest BCUT2D eigenvalue weighted by Gasteiger charge is 2.35. The number of nitrogens with one attached hydrogen (secondary N) is 1. The lowest BCUT2D eigenvalue weighted by Gasteiger charge is -2.13. The molecular formula is C27H21N3O7S. The van der Waals surface area contributed by atoms with Gasteiger partial charge >= 0.3 is 5.97 Å². The maximum atomic E-state index is 12.8. The van der Waals surface area contributed by atoms with Gasteiger partial charge in [0.1, 0.15) is 0 Å². The quantitative estimate of drug-likeness (QED) is 0.180. The summed E-state index contributed by atoms with van der Waals surface area (Å²) in [4.78, 5) is 61.3. The molecule has 0 aromatic heterocycles.